The third-order valence-electron chi connectivity index (χ3n) is 2.54. The van der Waals surface area contributed by atoms with Crippen molar-refractivity contribution in [1.29, 1.82) is 0 Å². The molecule has 82 valence electrons. The minimum atomic E-state index is 0.0908. The Morgan fingerprint density at radius 3 is 3.25 bits per heavy atom. The van der Waals surface area contributed by atoms with E-state index in [9.17, 15) is 0 Å². The Bertz CT molecular complexity index is 549. The maximum atomic E-state index is 5.14. The Balaban J connectivity index is 2.03. The van der Waals surface area contributed by atoms with Crippen LogP contribution in [0.2, 0.25) is 0 Å². The lowest BCUT2D eigenvalue weighted by Crippen LogP contribution is -2.22. The average Bonchev–Trinajstić information content (AvgIpc) is 2.69. The van der Waals surface area contributed by atoms with Gasteiger partial charge in [0.1, 0.15) is 19.0 Å². The minimum Gasteiger partial charge on any atom is -0.273 e. The van der Waals surface area contributed by atoms with E-state index >= 15 is 0 Å². The van der Waals surface area contributed by atoms with Gasteiger partial charge in [0.15, 0.2) is 0 Å². The number of aliphatic imine (C=N–C) groups is 1. The normalized spacial score (nSPS) is 19.9. The van der Waals surface area contributed by atoms with Gasteiger partial charge >= 0.3 is 0 Å². The van der Waals surface area contributed by atoms with Gasteiger partial charge in [-0.15, -0.1) is 11.3 Å². The second kappa shape index (κ2) is 3.84. The van der Waals surface area contributed by atoms with Crippen LogP contribution in [0.3, 0.4) is 0 Å². The molecule has 1 aliphatic heterocycles. The number of rotatable bonds is 1. The van der Waals surface area contributed by atoms with Crippen molar-refractivity contribution >= 4 is 27.9 Å². The van der Waals surface area contributed by atoms with Crippen LogP contribution in [0.5, 0.6) is 0 Å². The summed E-state index contributed by atoms with van der Waals surface area (Å²) in [6, 6.07) is 6.36. The number of nitrogens with one attached hydrogen (secondary N) is 1. The molecule has 16 heavy (non-hydrogen) atoms. The summed E-state index contributed by atoms with van der Waals surface area (Å²) in [5.41, 5.74) is 4.86. The molecule has 1 atom stereocenters. The zero-order chi connectivity index (χ0) is 11.0. The van der Waals surface area contributed by atoms with Crippen molar-refractivity contribution in [2.45, 2.75) is 13.0 Å². The summed E-state index contributed by atoms with van der Waals surface area (Å²) < 4.78 is 1.21. The van der Waals surface area contributed by atoms with E-state index < -0.39 is 0 Å². The zero-order valence-corrected chi connectivity index (χ0v) is 9.62. The molecule has 0 saturated heterocycles. The van der Waals surface area contributed by atoms with E-state index in [4.69, 9.17) is 4.84 Å². The highest BCUT2D eigenvalue weighted by Crippen LogP contribution is 2.27. The molecule has 3 rings (SSSR count). The number of nitrogens with zero attached hydrogens (tertiary/aromatic N) is 2. The fourth-order valence-corrected chi connectivity index (χ4v) is 2.65. The molecule has 0 aliphatic carbocycles. The first kappa shape index (κ1) is 9.74. The molecule has 0 spiro atoms. The van der Waals surface area contributed by atoms with Gasteiger partial charge in [0.25, 0.3) is 0 Å². The molecule has 1 unspecified atom stereocenters. The van der Waals surface area contributed by atoms with Crippen LogP contribution in [0.1, 0.15) is 16.6 Å². The van der Waals surface area contributed by atoms with Gasteiger partial charge < -0.3 is 0 Å². The smallest absolute Gasteiger partial charge is 0.108 e. The highest BCUT2D eigenvalue weighted by Gasteiger charge is 2.13. The lowest BCUT2D eigenvalue weighted by molar-refractivity contribution is 0.0660. The molecule has 1 aromatic heterocycles. The molecule has 4 nitrogen and oxygen atoms in total. The number of hydrogen-bond donors (Lipinski definition) is 1. The second-order valence-corrected chi connectivity index (χ2v) is 4.92. The number of thiazole rings is 1. The van der Waals surface area contributed by atoms with E-state index in [-0.39, 0.29) is 6.04 Å². The number of benzene rings is 1. The van der Waals surface area contributed by atoms with Crippen LogP contribution in [-0.2, 0) is 4.84 Å². The first-order valence-electron chi connectivity index (χ1n) is 5.09. The minimum absolute atomic E-state index is 0.0908. The molecule has 0 saturated carbocycles. The van der Waals surface area contributed by atoms with Crippen LogP contribution in [0.4, 0.5) is 0 Å². The van der Waals surface area contributed by atoms with Crippen molar-refractivity contribution in [3.8, 4) is 0 Å². The Hall–Kier alpha value is -1.46. The van der Waals surface area contributed by atoms with Gasteiger partial charge in [-0.1, -0.05) is 6.07 Å². The van der Waals surface area contributed by atoms with Crippen molar-refractivity contribution in [2.75, 3.05) is 6.61 Å². The maximum absolute atomic E-state index is 5.14. The topological polar surface area (TPSA) is 46.5 Å². The fourth-order valence-electron chi connectivity index (χ4n) is 1.77. The van der Waals surface area contributed by atoms with Crippen LogP contribution >= 0.6 is 11.3 Å². The Morgan fingerprint density at radius 1 is 1.50 bits per heavy atom. The predicted molar refractivity (Wildman–Crippen MR) is 64.7 cm³/mol. The monoisotopic (exact) mass is 233 g/mol. The molecule has 0 fully saturated rings. The Kier molecular flexibility index (Phi) is 2.34. The number of hydrogen-bond acceptors (Lipinski definition) is 5. The first-order chi connectivity index (χ1) is 7.83. The molecule has 1 aliphatic rings. The number of fused-ring (bicyclic) bond motifs is 1. The lowest BCUT2D eigenvalue weighted by Gasteiger charge is -2.16. The summed E-state index contributed by atoms with van der Waals surface area (Å²) in [5, 5.41) is 1.09. The third-order valence-corrected chi connectivity index (χ3v) is 3.47. The highest BCUT2D eigenvalue weighted by molar-refractivity contribution is 7.18. The summed E-state index contributed by atoms with van der Waals surface area (Å²) in [6.07, 6.45) is 1.59. The van der Waals surface area contributed by atoms with Crippen LogP contribution < -0.4 is 5.48 Å². The van der Waals surface area contributed by atoms with E-state index in [0.717, 1.165) is 10.5 Å². The molecule has 5 heteroatoms. The summed E-state index contributed by atoms with van der Waals surface area (Å²) in [6.45, 7) is 2.59. The maximum Gasteiger partial charge on any atom is 0.108 e. The van der Waals surface area contributed by atoms with Crippen molar-refractivity contribution in [2.24, 2.45) is 4.99 Å². The van der Waals surface area contributed by atoms with Gasteiger partial charge in [0.2, 0.25) is 0 Å². The second-order valence-electron chi connectivity index (χ2n) is 3.68. The van der Waals surface area contributed by atoms with Crippen molar-refractivity contribution < 1.29 is 4.84 Å². The van der Waals surface area contributed by atoms with Crippen molar-refractivity contribution in [3.63, 3.8) is 0 Å². The largest absolute Gasteiger partial charge is 0.273 e. The van der Waals surface area contributed by atoms with E-state index in [1.165, 1.54) is 10.3 Å². The molecule has 1 N–H and O–H groups in total. The van der Waals surface area contributed by atoms with Gasteiger partial charge in [-0.2, -0.15) is 0 Å². The predicted octanol–water partition coefficient (Wildman–Crippen LogP) is 2.21. The van der Waals surface area contributed by atoms with Crippen molar-refractivity contribution in [3.05, 3.63) is 28.8 Å². The average molecular weight is 233 g/mol. The van der Waals surface area contributed by atoms with Gasteiger partial charge in [-0.05, 0) is 24.6 Å². The molecular formula is C11H11N3OS. The van der Waals surface area contributed by atoms with E-state index in [1.807, 2.05) is 13.0 Å². The summed E-state index contributed by atoms with van der Waals surface area (Å²) in [7, 11) is 0. The Morgan fingerprint density at radius 2 is 2.44 bits per heavy atom. The van der Waals surface area contributed by atoms with Crippen LogP contribution in [-0.4, -0.2) is 17.9 Å². The molecule has 0 radical (unpaired) electrons. The first-order valence-corrected chi connectivity index (χ1v) is 5.90. The van der Waals surface area contributed by atoms with E-state index in [0.29, 0.717) is 6.61 Å². The lowest BCUT2D eigenvalue weighted by atomic mass is 10.1. The summed E-state index contributed by atoms with van der Waals surface area (Å²) in [4.78, 5) is 13.9. The molecule has 0 bridgehead atoms. The highest BCUT2D eigenvalue weighted by atomic mass is 32.1. The van der Waals surface area contributed by atoms with E-state index in [1.54, 1.807) is 17.7 Å². The Labute approximate surface area is 96.9 Å². The quantitative estimate of drug-likeness (QED) is 0.821. The third kappa shape index (κ3) is 1.68. The SMILES string of the molecule is Cc1nc2ccc(C3CONC=N3)cc2s1. The molecule has 2 aromatic rings. The molecular weight excluding hydrogens is 222 g/mol. The summed E-state index contributed by atoms with van der Waals surface area (Å²) in [5.74, 6) is 0. The van der Waals surface area contributed by atoms with Gasteiger partial charge in [0.05, 0.1) is 15.2 Å². The van der Waals surface area contributed by atoms with Gasteiger partial charge in [0, 0.05) is 0 Å². The molecule has 1 aromatic carbocycles. The van der Waals surface area contributed by atoms with E-state index in [2.05, 4.69) is 27.6 Å². The van der Waals surface area contributed by atoms with Crippen molar-refractivity contribution in [1.82, 2.24) is 10.5 Å². The van der Waals surface area contributed by atoms with Crippen LogP contribution in [0.15, 0.2) is 23.2 Å². The zero-order valence-electron chi connectivity index (χ0n) is 8.80. The van der Waals surface area contributed by atoms with Gasteiger partial charge in [-0.3, -0.25) is 15.3 Å². The van der Waals surface area contributed by atoms with Crippen LogP contribution in [0, 0.1) is 6.92 Å². The fraction of sp³-hybridized carbons (Fsp3) is 0.273. The number of hydroxylamine groups is 1. The number of aromatic nitrogens is 1. The molecule has 0 amide bonds. The summed E-state index contributed by atoms with van der Waals surface area (Å²) >= 11 is 1.71. The van der Waals surface area contributed by atoms with Crippen LogP contribution in [0.25, 0.3) is 10.2 Å². The number of aryl methyl sites for hydroxylation is 1. The van der Waals surface area contributed by atoms with Gasteiger partial charge in [-0.25, -0.2) is 4.98 Å². The molecule has 2 heterocycles. The standard InChI is InChI=1S/C11H11N3OS/c1-7-14-9-3-2-8(4-11(9)16-7)10-5-15-13-6-12-10/h2-4,6,10H,5H2,1H3,(H,12,13).